The smallest absolute Gasteiger partial charge is 0.333 e. The molecule has 4 aliphatic rings. The third-order valence-electron chi connectivity index (χ3n) is 12.0. The highest BCUT2D eigenvalue weighted by molar-refractivity contribution is 7.85. The number of hydrogen-bond acceptors (Lipinski definition) is 10. The molecule has 2 atom stereocenters. The van der Waals surface area contributed by atoms with Crippen LogP contribution in [-0.4, -0.2) is 110 Å². The fourth-order valence-electron chi connectivity index (χ4n) is 8.57. The van der Waals surface area contributed by atoms with E-state index < -0.39 is 56.4 Å². The van der Waals surface area contributed by atoms with Gasteiger partial charge in [0.1, 0.15) is 18.8 Å². The molecular weight excluding hydrogens is 789 g/mol. The first-order chi connectivity index (χ1) is 28.2. The number of carbonyl (C=O) groups is 5. The molecule has 1 saturated heterocycles. The number of para-hydroxylation sites is 2. The van der Waals surface area contributed by atoms with Crippen LogP contribution < -0.4 is 20.4 Å². The average molecular weight is 845 g/mol. The second-order valence-corrected chi connectivity index (χ2v) is 18.5. The molecule has 2 aromatic carbocycles. The minimum Gasteiger partial charge on any atom is -0.372 e. The van der Waals surface area contributed by atoms with Crippen molar-refractivity contribution in [2.75, 3.05) is 51.4 Å². The zero-order valence-corrected chi connectivity index (χ0v) is 36.2. The number of hydrogen-bond donors (Lipinski definition) is 4. The molecule has 6 rings (SSSR count). The number of amides is 3. The van der Waals surface area contributed by atoms with Gasteiger partial charge in [-0.25, -0.2) is 4.79 Å². The van der Waals surface area contributed by atoms with Gasteiger partial charge in [-0.3, -0.25) is 23.7 Å². The van der Waals surface area contributed by atoms with E-state index in [9.17, 15) is 36.9 Å². The molecule has 2 unspecified atom stereocenters. The Morgan fingerprint density at radius 3 is 2.23 bits per heavy atom. The maximum absolute atomic E-state index is 14.3. The summed E-state index contributed by atoms with van der Waals surface area (Å²) in [5.41, 5.74) is 5.82. The molecule has 3 heterocycles. The van der Waals surface area contributed by atoms with Crippen LogP contribution in [-0.2, 0) is 49.8 Å². The number of fused-ring (bicyclic) bond motifs is 2. The van der Waals surface area contributed by atoms with Crippen molar-refractivity contribution >= 4 is 56.7 Å². The van der Waals surface area contributed by atoms with E-state index in [1.165, 1.54) is 0 Å². The normalized spacial score (nSPS) is 20.4. The Morgan fingerprint density at radius 1 is 0.933 bits per heavy atom. The number of allylic oxidation sites excluding steroid dienone is 5. The SMILES string of the molecule is CN1/C(=C/C2=C(NC(CS(=O)(=O)O)C(=O)NCC[NH+](C)CCCCCC(=O)ON3C(=O)CCC3=O)C(=C/C3=[N+](C)c4ccccc4C3(C)C)/C2=O)C(C)(C)c2ccccc21. The molecule has 1 aliphatic carbocycles. The molecule has 0 bridgehead atoms. The number of imide groups is 1. The molecule has 0 spiro atoms. The zero-order chi connectivity index (χ0) is 43.7. The molecule has 15 nitrogen and oxygen atoms in total. The third kappa shape index (κ3) is 9.00. The fraction of sp³-hybridized carbons (Fsp3) is 0.455. The molecule has 4 N–H and O–H groups in total. The van der Waals surface area contributed by atoms with Gasteiger partial charge in [0.15, 0.2) is 11.5 Å². The van der Waals surface area contributed by atoms with Gasteiger partial charge in [0.2, 0.25) is 11.6 Å². The number of unbranched alkanes of at least 4 members (excludes halogenated alkanes) is 2. The number of nitrogens with one attached hydrogen (secondary N) is 3. The van der Waals surface area contributed by atoms with Crippen molar-refractivity contribution in [1.29, 1.82) is 0 Å². The van der Waals surface area contributed by atoms with Gasteiger partial charge in [0.05, 0.1) is 43.4 Å². The zero-order valence-electron chi connectivity index (χ0n) is 35.4. The minimum absolute atomic E-state index is 0.0366. The lowest BCUT2D eigenvalue weighted by Gasteiger charge is -2.31. The summed E-state index contributed by atoms with van der Waals surface area (Å²) in [5.74, 6) is -3.52. The highest BCUT2D eigenvalue weighted by Gasteiger charge is 2.47. The number of ketones is 1. The second-order valence-electron chi connectivity index (χ2n) is 17.0. The molecular formula is C44H56N6O9S+2. The van der Waals surface area contributed by atoms with Crippen molar-refractivity contribution in [3.63, 3.8) is 0 Å². The first kappa shape index (κ1) is 44.1. The quantitative estimate of drug-likeness (QED) is 0.0603. The van der Waals surface area contributed by atoms with Crippen LogP contribution >= 0.6 is 0 Å². The highest BCUT2D eigenvalue weighted by atomic mass is 32.2. The van der Waals surface area contributed by atoms with Gasteiger partial charge < -0.3 is 25.3 Å². The van der Waals surface area contributed by atoms with Gasteiger partial charge in [-0.05, 0) is 50.8 Å². The Labute approximate surface area is 351 Å². The molecule has 0 saturated carbocycles. The largest absolute Gasteiger partial charge is 0.372 e. The lowest BCUT2D eigenvalue weighted by atomic mass is 9.77. The molecule has 60 heavy (non-hydrogen) atoms. The van der Waals surface area contributed by atoms with Crippen LogP contribution in [0.2, 0.25) is 0 Å². The van der Waals surface area contributed by atoms with Crippen molar-refractivity contribution in [3.8, 4) is 0 Å². The number of rotatable bonds is 17. The van der Waals surface area contributed by atoms with Crippen LogP contribution in [0.3, 0.4) is 0 Å². The molecule has 0 radical (unpaired) electrons. The van der Waals surface area contributed by atoms with Gasteiger partial charge in [-0.1, -0.05) is 50.2 Å². The van der Waals surface area contributed by atoms with Crippen molar-refractivity contribution in [2.24, 2.45) is 0 Å². The monoisotopic (exact) mass is 844 g/mol. The Balaban J connectivity index is 1.17. The first-order valence-electron chi connectivity index (χ1n) is 20.4. The summed E-state index contributed by atoms with van der Waals surface area (Å²) in [4.78, 5) is 71.5. The minimum atomic E-state index is -4.66. The van der Waals surface area contributed by atoms with Crippen LogP contribution in [0.25, 0.3) is 0 Å². The van der Waals surface area contributed by atoms with Crippen molar-refractivity contribution in [1.82, 2.24) is 15.7 Å². The number of Topliss-reactive ketones (excluding diaryl/α,β-unsaturated/α-hetero) is 1. The summed E-state index contributed by atoms with van der Waals surface area (Å²) >= 11 is 0. The summed E-state index contributed by atoms with van der Waals surface area (Å²) in [5, 5.41) is 6.46. The fourth-order valence-corrected chi connectivity index (χ4v) is 9.23. The molecule has 2 aromatic rings. The van der Waals surface area contributed by atoms with Gasteiger partial charge in [-0.2, -0.15) is 13.0 Å². The summed E-state index contributed by atoms with van der Waals surface area (Å²) < 4.78 is 36.8. The maximum atomic E-state index is 14.3. The summed E-state index contributed by atoms with van der Waals surface area (Å²) in [6, 6.07) is 14.6. The summed E-state index contributed by atoms with van der Waals surface area (Å²) in [6.45, 7) is 9.71. The van der Waals surface area contributed by atoms with E-state index in [1.54, 1.807) is 0 Å². The van der Waals surface area contributed by atoms with E-state index >= 15 is 0 Å². The van der Waals surface area contributed by atoms with Gasteiger partial charge >= 0.3 is 5.97 Å². The first-order valence-corrected chi connectivity index (χ1v) is 22.0. The van der Waals surface area contributed by atoms with Crippen LogP contribution in [0, 0.1) is 0 Å². The number of carbonyl (C=O) groups excluding carboxylic acids is 5. The summed E-state index contributed by atoms with van der Waals surface area (Å²) in [6.07, 6.45) is 5.72. The predicted molar refractivity (Wildman–Crippen MR) is 225 cm³/mol. The Morgan fingerprint density at radius 2 is 1.58 bits per heavy atom. The van der Waals surface area contributed by atoms with Crippen LogP contribution in [0.5, 0.6) is 0 Å². The number of quaternary nitrogens is 1. The number of anilines is 1. The maximum Gasteiger partial charge on any atom is 0.333 e. The Kier molecular flexibility index (Phi) is 12.7. The van der Waals surface area contributed by atoms with Crippen molar-refractivity contribution < 1.29 is 51.3 Å². The van der Waals surface area contributed by atoms with E-state index in [1.807, 2.05) is 79.2 Å². The lowest BCUT2D eigenvalue weighted by Crippen LogP contribution is -3.09. The van der Waals surface area contributed by atoms with E-state index in [0.717, 1.165) is 45.2 Å². The standard InChI is InChI=1S/C44H54N6O9S/c1-43(2)30-15-10-12-17-33(30)48(6)35(43)25-28-40(29(41(28)54)26-36-44(3,4)31-16-11-13-18-34(31)49(36)7)46-32(27-60(56,57)58)42(55)45-22-24-47(5)23-14-8-9-19-39(53)59-50-37(51)20-21-38(50)52/h10-13,15-18,25-26,32H,8-9,14,19-24,27H2,1-7H3,(H2-,45,46,54,55,56,57,58)/p+2. The third-order valence-corrected chi connectivity index (χ3v) is 12.8. The second kappa shape index (κ2) is 17.3. The van der Waals surface area contributed by atoms with Crippen LogP contribution in [0.15, 0.2) is 83.2 Å². The molecule has 3 amide bonds. The van der Waals surface area contributed by atoms with Crippen LogP contribution in [0.4, 0.5) is 11.4 Å². The van der Waals surface area contributed by atoms with Gasteiger partial charge in [-0.15, -0.1) is 5.06 Å². The number of likely N-dealkylation sites (N-methyl/N-ethyl adjacent to an activating group) is 2. The molecule has 0 aromatic heterocycles. The van der Waals surface area contributed by atoms with E-state index in [4.69, 9.17) is 4.84 Å². The number of benzene rings is 2. The highest BCUT2D eigenvalue weighted by Crippen LogP contribution is 2.48. The molecule has 16 heteroatoms. The number of hydroxylamine groups is 2. The topological polar surface area (TPSA) is 187 Å². The Bertz CT molecular complexity index is 2340. The van der Waals surface area contributed by atoms with E-state index in [2.05, 4.69) is 50.5 Å². The lowest BCUT2D eigenvalue weighted by molar-refractivity contribution is -0.878. The molecule has 3 aliphatic heterocycles. The molecule has 320 valence electrons. The van der Waals surface area contributed by atoms with E-state index in [-0.39, 0.29) is 31.6 Å². The predicted octanol–water partition coefficient (Wildman–Crippen LogP) is 2.41. The Hall–Kier alpha value is -5.45. The van der Waals surface area contributed by atoms with Crippen molar-refractivity contribution in [2.45, 2.75) is 83.1 Å². The number of nitrogens with zero attached hydrogens (tertiary/aromatic N) is 3. The molecule has 1 fully saturated rings. The average Bonchev–Trinajstić information content (AvgIpc) is 3.68. The van der Waals surface area contributed by atoms with Gasteiger partial charge in [0, 0.05) is 66.4 Å². The van der Waals surface area contributed by atoms with Crippen LogP contribution in [0.1, 0.15) is 77.3 Å². The van der Waals surface area contributed by atoms with Crippen molar-refractivity contribution in [3.05, 3.63) is 94.4 Å². The van der Waals surface area contributed by atoms with E-state index in [0.29, 0.717) is 47.8 Å². The summed E-state index contributed by atoms with van der Waals surface area (Å²) in [7, 11) is 1.15. The van der Waals surface area contributed by atoms with Gasteiger partial charge in [0.25, 0.3) is 21.9 Å².